The maximum Gasteiger partial charge on any atom is 0.254 e. The van der Waals surface area contributed by atoms with Crippen molar-refractivity contribution in [1.82, 2.24) is 19.6 Å². The predicted molar refractivity (Wildman–Crippen MR) is 71.5 cm³/mol. The molecule has 0 aliphatic carbocycles. The van der Waals surface area contributed by atoms with Gasteiger partial charge in [0.15, 0.2) is 0 Å². The number of hydrogen-bond acceptors (Lipinski definition) is 7. The topological polar surface area (TPSA) is 84.5 Å². The average molecular weight is 266 g/mol. The molecule has 0 aliphatic heterocycles. The van der Waals surface area contributed by atoms with E-state index in [0.717, 1.165) is 23.5 Å². The van der Waals surface area contributed by atoms with Gasteiger partial charge in [-0.05, 0) is 20.8 Å². The highest BCUT2D eigenvalue weighted by Gasteiger charge is 2.20. The third-order valence-corrected chi connectivity index (χ3v) is 3.07. The fraction of sp³-hybridized carbons (Fsp3) is 0.500. The molecular weight excluding hydrogens is 252 g/mol. The van der Waals surface area contributed by atoms with Gasteiger partial charge in [0.1, 0.15) is 12.1 Å². The molecule has 8 heteroatoms. The molecule has 0 bridgehead atoms. The summed E-state index contributed by atoms with van der Waals surface area (Å²) in [5.41, 5.74) is 0.858. The largest absolute Gasteiger partial charge is 0.368 e. The van der Waals surface area contributed by atoms with Gasteiger partial charge in [0.05, 0.1) is 4.75 Å². The van der Waals surface area contributed by atoms with Crippen LogP contribution in [0.15, 0.2) is 17.0 Å². The van der Waals surface area contributed by atoms with E-state index in [4.69, 9.17) is 0 Å². The Bertz CT molecular complexity index is 566. The van der Waals surface area contributed by atoms with Crippen molar-refractivity contribution in [3.05, 3.63) is 23.0 Å². The molecular formula is C10H14N6OS. The minimum atomic E-state index is -0.286. The molecule has 2 rings (SSSR count). The zero-order chi connectivity index (χ0) is 13.2. The van der Waals surface area contributed by atoms with Crippen molar-refractivity contribution in [3.8, 4) is 0 Å². The molecule has 0 atom stereocenters. The zero-order valence-electron chi connectivity index (χ0n) is 10.4. The SMILES string of the molecule is Cc1cc(NCC(C)(C)SN=O)n2ncnc2n1. The fourth-order valence-corrected chi connectivity index (χ4v) is 1.83. The summed E-state index contributed by atoms with van der Waals surface area (Å²) in [6.07, 6.45) is 1.46. The Balaban J connectivity index is 2.21. The number of aryl methyl sites for hydroxylation is 1. The lowest BCUT2D eigenvalue weighted by atomic mass is 10.2. The van der Waals surface area contributed by atoms with Crippen LogP contribution in [0.2, 0.25) is 0 Å². The van der Waals surface area contributed by atoms with Gasteiger partial charge in [-0.2, -0.15) is 14.6 Å². The molecule has 0 radical (unpaired) electrons. The van der Waals surface area contributed by atoms with Crippen molar-refractivity contribution >= 4 is 23.5 Å². The molecule has 0 fully saturated rings. The quantitative estimate of drug-likeness (QED) is 0.658. The summed E-state index contributed by atoms with van der Waals surface area (Å²) in [4.78, 5) is 18.6. The van der Waals surface area contributed by atoms with Gasteiger partial charge in [-0.3, -0.25) is 0 Å². The van der Waals surface area contributed by atoms with Gasteiger partial charge in [0.25, 0.3) is 5.78 Å². The second-order valence-electron chi connectivity index (χ2n) is 4.53. The number of nitrogens with one attached hydrogen (secondary N) is 1. The van der Waals surface area contributed by atoms with Crippen LogP contribution in [0.5, 0.6) is 0 Å². The van der Waals surface area contributed by atoms with Gasteiger partial charge < -0.3 is 5.32 Å². The Morgan fingerprint density at radius 1 is 1.56 bits per heavy atom. The number of nitrogens with zero attached hydrogens (tertiary/aromatic N) is 5. The van der Waals surface area contributed by atoms with Crippen LogP contribution >= 0.6 is 11.9 Å². The first-order valence-electron chi connectivity index (χ1n) is 5.44. The van der Waals surface area contributed by atoms with E-state index in [1.54, 1.807) is 4.52 Å². The lowest BCUT2D eigenvalue weighted by molar-refractivity contribution is 0.742. The smallest absolute Gasteiger partial charge is 0.254 e. The van der Waals surface area contributed by atoms with E-state index in [0.29, 0.717) is 12.3 Å². The summed E-state index contributed by atoms with van der Waals surface area (Å²) in [5.74, 6) is 1.35. The Morgan fingerprint density at radius 3 is 3.06 bits per heavy atom. The molecule has 96 valence electrons. The van der Waals surface area contributed by atoms with Crippen molar-refractivity contribution in [2.45, 2.75) is 25.5 Å². The van der Waals surface area contributed by atoms with E-state index in [9.17, 15) is 4.91 Å². The summed E-state index contributed by atoms with van der Waals surface area (Å²) in [5, 5.41) is 7.34. The van der Waals surface area contributed by atoms with Crippen molar-refractivity contribution in [2.24, 2.45) is 4.58 Å². The molecule has 2 heterocycles. The minimum absolute atomic E-state index is 0.286. The lowest BCUT2D eigenvalue weighted by Crippen LogP contribution is -2.26. The summed E-state index contributed by atoms with van der Waals surface area (Å²) in [7, 11) is 0. The first-order chi connectivity index (χ1) is 8.52. The molecule has 0 saturated carbocycles. The minimum Gasteiger partial charge on any atom is -0.368 e. The molecule has 0 aliphatic rings. The van der Waals surface area contributed by atoms with E-state index < -0.39 is 0 Å². The van der Waals surface area contributed by atoms with Crippen LogP contribution in [0, 0.1) is 11.8 Å². The highest BCUT2D eigenvalue weighted by molar-refractivity contribution is 7.99. The molecule has 2 aromatic heterocycles. The van der Waals surface area contributed by atoms with E-state index in [2.05, 4.69) is 25.0 Å². The van der Waals surface area contributed by atoms with Gasteiger partial charge >= 0.3 is 0 Å². The highest BCUT2D eigenvalue weighted by Crippen LogP contribution is 2.25. The molecule has 1 N–H and O–H groups in total. The summed E-state index contributed by atoms with van der Waals surface area (Å²) >= 11 is 1.01. The molecule has 0 unspecified atom stereocenters. The molecule has 2 aromatic rings. The summed E-state index contributed by atoms with van der Waals surface area (Å²) < 4.78 is 4.21. The number of rotatable bonds is 5. The third kappa shape index (κ3) is 2.76. The number of fused-ring (bicyclic) bond motifs is 1. The first-order valence-corrected chi connectivity index (χ1v) is 6.21. The summed E-state index contributed by atoms with van der Waals surface area (Å²) in [6, 6.07) is 1.89. The molecule has 0 saturated heterocycles. The molecule has 7 nitrogen and oxygen atoms in total. The predicted octanol–water partition coefficient (Wildman–Crippen LogP) is 2.04. The van der Waals surface area contributed by atoms with Crippen LogP contribution in [-0.2, 0) is 0 Å². The van der Waals surface area contributed by atoms with E-state index in [1.807, 2.05) is 26.8 Å². The Morgan fingerprint density at radius 2 is 2.33 bits per heavy atom. The number of aromatic nitrogens is 4. The van der Waals surface area contributed by atoms with E-state index in [-0.39, 0.29) is 4.75 Å². The highest BCUT2D eigenvalue weighted by atomic mass is 32.2. The van der Waals surface area contributed by atoms with Gasteiger partial charge in [-0.1, -0.05) is 0 Å². The standard InChI is InChI=1S/C10H14N6OS/c1-7-4-8(11-5-10(2,3)18-15-17)16-9(14-7)12-6-13-16/h4,6,11H,5H2,1-3H3. The van der Waals surface area contributed by atoms with Crippen LogP contribution in [-0.4, -0.2) is 30.9 Å². The van der Waals surface area contributed by atoms with Crippen molar-refractivity contribution in [2.75, 3.05) is 11.9 Å². The van der Waals surface area contributed by atoms with Gasteiger partial charge in [0.2, 0.25) is 0 Å². The van der Waals surface area contributed by atoms with Crippen LogP contribution < -0.4 is 5.32 Å². The van der Waals surface area contributed by atoms with E-state index in [1.165, 1.54) is 6.33 Å². The number of nitroso groups, excluding NO2 is 1. The van der Waals surface area contributed by atoms with Crippen LogP contribution in [0.4, 0.5) is 5.82 Å². The lowest BCUT2D eigenvalue weighted by Gasteiger charge is -2.20. The van der Waals surface area contributed by atoms with Crippen LogP contribution in [0.3, 0.4) is 0 Å². The third-order valence-electron chi connectivity index (χ3n) is 2.36. The Labute approximate surface area is 109 Å². The second kappa shape index (κ2) is 4.89. The van der Waals surface area contributed by atoms with Gasteiger partial charge in [-0.25, -0.2) is 4.98 Å². The Kier molecular flexibility index (Phi) is 3.46. The second-order valence-corrected chi connectivity index (χ2v) is 5.97. The van der Waals surface area contributed by atoms with Crippen molar-refractivity contribution < 1.29 is 0 Å². The average Bonchev–Trinajstić information content (AvgIpc) is 2.73. The van der Waals surface area contributed by atoms with Gasteiger partial charge in [0, 0.05) is 34.8 Å². The summed E-state index contributed by atoms with van der Waals surface area (Å²) in [6.45, 7) is 6.37. The maximum atomic E-state index is 10.3. The molecule has 0 spiro atoms. The number of hydrogen-bond donors (Lipinski definition) is 1. The van der Waals surface area contributed by atoms with Crippen LogP contribution in [0.1, 0.15) is 19.5 Å². The van der Waals surface area contributed by atoms with Crippen LogP contribution in [0.25, 0.3) is 5.78 Å². The Hall–Kier alpha value is -1.70. The first kappa shape index (κ1) is 12.7. The maximum absolute atomic E-state index is 10.3. The zero-order valence-corrected chi connectivity index (χ0v) is 11.2. The van der Waals surface area contributed by atoms with Gasteiger partial charge in [-0.15, -0.1) is 4.91 Å². The number of anilines is 1. The van der Waals surface area contributed by atoms with E-state index >= 15 is 0 Å². The molecule has 18 heavy (non-hydrogen) atoms. The fourth-order valence-electron chi connectivity index (χ4n) is 1.49. The monoisotopic (exact) mass is 266 g/mol. The van der Waals surface area contributed by atoms with Crippen molar-refractivity contribution in [1.29, 1.82) is 0 Å². The molecule has 0 amide bonds. The normalized spacial score (nSPS) is 11.7. The molecule has 0 aromatic carbocycles. The van der Waals surface area contributed by atoms with Crippen molar-refractivity contribution in [3.63, 3.8) is 0 Å².